The summed E-state index contributed by atoms with van der Waals surface area (Å²) < 4.78 is 14.5. The van der Waals surface area contributed by atoms with E-state index in [1.54, 1.807) is 30.3 Å². The largest absolute Gasteiger partial charge is 0.359 e. The summed E-state index contributed by atoms with van der Waals surface area (Å²) in [5.74, 6) is -0.720. The van der Waals surface area contributed by atoms with Crippen molar-refractivity contribution >= 4 is 39.0 Å². The van der Waals surface area contributed by atoms with Crippen LogP contribution in [0.15, 0.2) is 59.2 Å². The molecule has 20 heavy (non-hydrogen) atoms. The van der Waals surface area contributed by atoms with Crippen LogP contribution in [0.5, 0.6) is 0 Å². The number of carbonyl (C=O) groups excluding carboxylic acids is 1. The number of anilines is 1. The van der Waals surface area contributed by atoms with Gasteiger partial charge >= 0.3 is 0 Å². The van der Waals surface area contributed by atoms with Crippen LogP contribution in [0.4, 0.5) is 10.1 Å². The predicted molar refractivity (Wildman–Crippen MR) is 82.6 cm³/mol. The third-order valence-electron chi connectivity index (χ3n) is 2.55. The van der Waals surface area contributed by atoms with Gasteiger partial charge in [-0.2, -0.15) is 0 Å². The van der Waals surface area contributed by atoms with Gasteiger partial charge in [0.2, 0.25) is 0 Å². The van der Waals surface area contributed by atoms with Crippen molar-refractivity contribution in [2.75, 3.05) is 5.32 Å². The molecule has 0 unspecified atom stereocenters. The van der Waals surface area contributed by atoms with E-state index in [0.717, 1.165) is 4.47 Å². The van der Waals surface area contributed by atoms with Gasteiger partial charge in [0.25, 0.3) is 0 Å². The summed E-state index contributed by atoms with van der Waals surface area (Å²) in [4.78, 5) is 11.8. The molecule has 0 saturated carbocycles. The average molecular weight is 355 g/mol. The maximum atomic E-state index is 13.6. The Kier molecular flexibility index (Phi) is 4.93. The topological polar surface area (TPSA) is 29.1 Å². The monoisotopic (exact) mass is 353 g/mol. The molecule has 1 N–H and O–H groups in total. The van der Waals surface area contributed by atoms with Crippen molar-refractivity contribution in [3.05, 3.63) is 75.6 Å². The van der Waals surface area contributed by atoms with Crippen molar-refractivity contribution in [1.82, 2.24) is 0 Å². The van der Waals surface area contributed by atoms with E-state index in [1.807, 2.05) is 0 Å². The molecule has 2 aromatic carbocycles. The average Bonchev–Trinajstić information content (AvgIpc) is 2.44. The number of allylic oxidation sites excluding steroid dienone is 1. The third kappa shape index (κ3) is 3.68. The molecule has 2 rings (SSSR count). The Morgan fingerprint density at radius 1 is 1.20 bits per heavy atom. The molecule has 2 aromatic rings. The predicted octanol–water partition coefficient (Wildman–Crippen LogP) is 5.05. The molecular weight excluding hydrogens is 345 g/mol. The highest BCUT2D eigenvalue weighted by molar-refractivity contribution is 9.10. The maximum Gasteiger partial charge on any atom is 0.187 e. The van der Waals surface area contributed by atoms with Gasteiger partial charge in [0.15, 0.2) is 11.6 Å². The zero-order valence-corrected chi connectivity index (χ0v) is 12.6. The summed E-state index contributed by atoms with van der Waals surface area (Å²) in [6.07, 6.45) is 2.72. The van der Waals surface area contributed by atoms with Crippen molar-refractivity contribution in [2.24, 2.45) is 0 Å². The smallest absolute Gasteiger partial charge is 0.187 e. The van der Waals surface area contributed by atoms with Gasteiger partial charge in [-0.25, -0.2) is 4.39 Å². The van der Waals surface area contributed by atoms with Crippen LogP contribution in [0.1, 0.15) is 10.4 Å². The standard InChI is InChI=1S/C15H10BrClFNO/c16-11-6-4-10(5-7-11)14(20)8-9-19-13-3-1-2-12(17)15(13)18/h1-9,19H. The molecule has 5 heteroatoms. The fourth-order valence-electron chi connectivity index (χ4n) is 1.53. The molecule has 102 valence electrons. The number of halogens is 3. The second-order valence-electron chi connectivity index (χ2n) is 3.95. The highest BCUT2D eigenvalue weighted by Crippen LogP contribution is 2.21. The van der Waals surface area contributed by atoms with E-state index in [-0.39, 0.29) is 16.5 Å². The van der Waals surface area contributed by atoms with Crippen molar-refractivity contribution in [3.8, 4) is 0 Å². The lowest BCUT2D eigenvalue weighted by Crippen LogP contribution is -1.97. The zero-order valence-electron chi connectivity index (χ0n) is 10.2. The van der Waals surface area contributed by atoms with Gasteiger partial charge in [0.05, 0.1) is 10.7 Å². The molecule has 0 aliphatic heterocycles. The molecule has 0 saturated heterocycles. The summed E-state index contributed by atoms with van der Waals surface area (Å²) in [5, 5.41) is 2.73. The molecule has 0 aliphatic rings. The molecule has 2 nitrogen and oxygen atoms in total. The minimum Gasteiger partial charge on any atom is -0.359 e. The Balaban J connectivity index is 2.05. The van der Waals surface area contributed by atoms with Crippen LogP contribution in [0.3, 0.4) is 0 Å². The van der Waals surface area contributed by atoms with E-state index in [1.165, 1.54) is 24.4 Å². The number of nitrogens with one attached hydrogen (secondary N) is 1. The number of benzene rings is 2. The van der Waals surface area contributed by atoms with Crippen LogP contribution in [-0.4, -0.2) is 5.78 Å². The lowest BCUT2D eigenvalue weighted by Gasteiger charge is -2.03. The first-order chi connectivity index (χ1) is 9.58. The first-order valence-electron chi connectivity index (χ1n) is 5.75. The Labute approximate surface area is 129 Å². The summed E-state index contributed by atoms with van der Waals surface area (Å²) in [6, 6.07) is 11.6. The first-order valence-corrected chi connectivity index (χ1v) is 6.92. The molecule has 0 bridgehead atoms. The van der Waals surface area contributed by atoms with Crippen LogP contribution < -0.4 is 5.32 Å². The molecule has 0 radical (unpaired) electrons. The molecule has 0 heterocycles. The second kappa shape index (κ2) is 6.68. The summed E-state index contributed by atoms with van der Waals surface area (Å²) in [5.41, 5.74) is 0.773. The third-order valence-corrected chi connectivity index (χ3v) is 3.37. The molecule has 0 atom stereocenters. The van der Waals surface area contributed by atoms with Gasteiger partial charge in [-0.1, -0.05) is 33.6 Å². The van der Waals surface area contributed by atoms with E-state index in [4.69, 9.17) is 11.6 Å². The summed E-state index contributed by atoms with van der Waals surface area (Å²) in [6.45, 7) is 0. The van der Waals surface area contributed by atoms with Gasteiger partial charge in [-0.3, -0.25) is 4.79 Å². The number of hydrogen-bond donors (Lipinski definition) is 1. The van der Waals surface area contributed by atoms with Crippen molar-refractivity contribution in [2.45, 2.75) is 0 Å². The van der Waals surface area contributed by atoms with Crippen LogP contribution in [0.2, 0.25) is 5.02 Å². The Morgan fingerprint density at radius 2 is 1.90 bits per heavy atom. The Hall–Kier alpha value is -1.65. The zero-order chi connectivity index (χ0) is 14.5. The van der Waals surface area contributed by atoms with Gasteiger partial charge in [-0.15, -0.1) is 0 Å². The van der Waals surface area contributed by atoms with Crippen LogP contribution >= 0.6 is 27.5 Å². The Morgan fingerprint density at radius 3 is 2.60 bits per heavy atom. The quantitative estimate of drug-likeness (QED) is 0.615. The fraction of sp³-hybridized carbons (Fsp3) is 0. The Bertz CT molecular complexity index is 655. The molecule has 0 amide bonds. The summed E-state index contributed by atoms with van der Waals surface area (Å²) in [7, 11) is 0. The highest BCUT2D eigenvalue weighted by Gasteiger charge is 2.04. The fourth-order valence-corrected chi connectivity index (χ4v) is 1.97. The van der Waals surface area contributed by atoms with E-state index < -0.39 is 5.82 Å². The molecule has 0 spiro atoms. The highest BCUT2D eigenvalue weighted by atomic mass is 79.9. The van der Waals surface area contributed by atoms with E-state index in [2.05, 4.69) is 21.2 Å². The number of carbonyl (C=O) groups is 1. The van der Waals surface area contributed by atoms with Crippen LogP contribution in [-0.2, 0) is 0 Å². The molecule has 0 aromatic heterocycles. The van der Waals surface area contributed by atoms with Gasteiger partial charge in [0.1, 0.15) is 0 Å². The van der Waals surface area contributed by atoms with Gasteiger partial charge in [-0.05, 0) is 36.4 Å². The van der Waals surface area contributed by atoms with E-state index in [9.17, 15) is 9.18 Å². The molecular formula is C15H10BrClFNO. The minimum atomic E-state index is -0.546. The normalized spacial score (nSPS) is 10.8. The van der Waals surface area contributed by atoms with Gasteiger partial charge in [0, 0.05) is 22.3 Å². The van der Waals surface area contributed by atoms with Crippen LogP contribution in [0, 0.1) is 5.82 Å². The number of ketones is 1. The maximum absolute atomic E-state index is 13.6. The first kappa shape index (κ1) is 14.8. The van der Waals surface area contributed by atoms with Crippen molar-refractivity contribution in [3.63, 3.8) is 0 Å². The SMILES string of the molecule is O=C(C=CNc1cccc(Cl)c1F)c1ccc(Br)cc1. The summed E-state index contributed by atoms with van der Waals surface area (Å²) >= 11 is 8.95. The van der Waals surface area contributed by atoms with Crippen LogP contribution in [0.25, 0.3) is 0 Å². The van der Waals surface area contributed by atoms with Crippen molar-refractivity contribution in [1.29, 1.82) is 0 Å². The van der Waals surface area contributed by atoms with E-state index >= 15 is 0 Å². The number of hydrogen-bond acceptors (Lipinski definition) is 2. The number of rotatable bonds is 4. The lowest BCUT2D eigenvalue weighted by atomic mass is 10.1. The van der Waals surface area contributed by atoms with Crippen molar-refractivity contribution < 1.29 is 9.18 Å². The minimum absolute atomic E-state index is 0.0302. The lowest BCUT2D eigenvalue weighted by molar-refractivity contribution is 0.104. The second-order valence-corrected chi connectivity index (χ2v) is 5.27. The molecule has 0 fully saturated rings. The van der Waals surface area contributed by atoms with E-state index in [0.29, 0.717) is 5.56 Å². The van der Waals surface area contributed by atoms with Gasteiger partial charge < -0.3 is 5.32 Å². The molecule has 0 aliphatic carbocycles.